The van der Waals surface area contributed by atoms with Crippen molar-refractivity contribution in [3.63, 3.8) is 0 Å². The van der Waals surface area contributed by atoms with Gasteiger partial charge in [0.2, 0.25) is 0 Å². The molecule has 0 saturated heterocycles. The van der Waals surface area contributed by atoms with Crippen molar-refractivity contribution in [2.75, 3.05) is 0 Å². The Hall–Kier alpha value is -0.670. The molecule has 0 nitrogen and oxygen atoms in total. The Kier molecular flexibility index (Phi) is 4.57. The van der Waals surface area contributed by atoms with Gasteiger partial charge in [-0.25, -0.2) is 4.39 Å². The van der Waals surface area contributed by atoms with Crippen molar-refractivity contribution < 1.29 is 4.39 Å². The predicted octanol–water partition coefficient (Wildman–Crippen LogP) is 5.58. The van der Waals surface area contributed by atoms with E-state index in [4.69, 9.17) is 0 Å². The van der Waals surface area contributed by atoms with E-state index in [-0.39, 0.29) is 10.6 Å². The van der Waals surface area contributed by atoms with Crippen molar-refractivity contribution in [1.29, 1.82) is 0 Å². The van der Waals surface area contributed by atoms with Crippen molar-refractivity contribution >= 4 is 31.9 Å². The standard InChI is InChI=1S/C15H13Br2F/c1-10-3-2-4-11(7-10)8-14(17)13-6-5-12(16)9-15(13)18/h2-7,9,14H,8H2,1H3. The van der Waals surface area contributed by atoms with Crippen LogP contribution in [0.1, 0.15) is 21.5 Å². The molecule has 18 heavy (non-hydrogen) atoms. The second-order valence-electron chi connectivity index (χ2n) is 4.33. The summed E-state index contributed by atoms with van der Waals surface area (Å²) in [6.07, 6.45) is 0.778. The monoisotopic (exact) mass is 370 g/mol. The number of alkyl halides is 1. The summed E-state index contributed by atoms with van der Waals surface area (Å²) < 4.78 is 14.6. The third-order valence-corrected chi connectivity index (χ3v) is 4.11. The van der Waals surface area contributed by atoms with Crippen LogP contribution < -0.4 is 0 Å². The van der Waals surface area contributed by atoms with Crippen molar-refractivity contribution in [1.82, 2.24) is 0 Å². The van der Waals surface area contributed by atoms with Crippen LogP contribution in [0, 0.1) is 12.7 Å². The molecule has 0 radical (unpaired) electrons. The predicted molar refractivity (Wildman–Crippen MR) is 80.7 cm³/mol. The van der Waals surface area contributed by atoms with E-state index in [1.807, 2.05) is 18.2 Å². The summed E-state index contributed by atoms with van der Waals surface area (Å²) in [6, 6.07) is 13.5. The van der Waals surface area contributed by atoms with Crippen LogP contribution in [-0.2, 0) is 6.42 Å². The van der Waals surface area contributed by atoms with Crippen LogP contribution >= 0.6 is 31.9 Å². The summed E-state index contributed by atoms with van der Waals surface area (Å²) in [6.45, 7) is 2.06. The number of aryl methyl sites for hydroxylation is 1. The van der Waals surface area contributed by atoms with E-state index >= 15 is 0 Å². The largest absolute Gasteiger partial charge is 0.207 e. The Labute approximate surface area is 123 Å². The lowest BCUT2D eigenvalue weighted by molar-refractivity contribution is 0.607. The summed E-state index contributed by atoms with van der Waals surface area (Å²) in [5.41, 5.74) is 3.13. The van der Waals surface area contributed by atoms with Gasteiger partial charge in [0, 0.05) is 14.9 Å². The molecule has 0 spiro atoms. The van der Waals surface area contributed by atoms with Gasteiger partial charge in [0.1, 0.15) is 5.82 Å². The number of rotatable bonds is 3. The Morgan fingerprint density at radius 2 is 1.94 bits per heavy atom. The quantitative estimate of drug-likeness (QED) is 0.618. The first-order chi connectivity index (χ1) is 8.56. The third kappa shape index (κ3) is 3.42. The number of hydrogen-bond acceptors (Lipinski definition) is 0. The van der Waals surface area contributed by atoms with Crippen molar-refractivity contribution in [3.8, 4) is 0 Å². The number of hydrogen-bond donors (Lipinski definition) is 0. The molecule has 0 aromatic heterocycles. The van der Waals surface area contributed by atoms with Gasteiger partial charge in [-0.1, -0.05) is 67.8 Å². The molecule has 0 N–H and O–H groups in total. The Bertz CT molecular complexity index is 552. The number of halogens is 3. The maximum absolute atomic E-state index is 13.8. The second kappa shape index (κ2) is 5.98. The van der Waals surface area contributed by atoms with Gasteiger partial charge in [0.25, 0.3) is 0 Å². The van der Waals surface area contributed by atoms with Gasteiger partial charge in [-0.3, -0.25) is 0 Å². The van der Waals surface area contributed by atoms with Crippen LogP contribution in [0.5, 0.6) is 0 Å². The van der Waals surface area contributed by atoms with Gasteiger partial charge in [-0.2, -0.15) is 0 Å². The minimum Gasteiger partial charge on any atom is -0.207 e. The molecule has 0 fully saturated rings. The molecule has 1 unspecified atom stereocenters. The molecule has 2 aromatic carbocycles. The van der Waals surface area contributed by atoms with E-state index in [0.29, 0.717) is 5.56 Å². The maximum Gasteiger partial charge on any atom is 0.128 e. The highest BCUT2D eigenvalue weighted by molar-refractivity contribution is 9.10. The van der Waals surface area contributed by atoms with E-state index in [1.54, 1.807) is 0 Å². The summed E-state index contributed by atoms with van der Waals surface area (Å²) in [5.74, 6) is -0.182. The summed E-state index contributed by atoms with van der Waals surface area (Å²) >= 11 is 6.83. The van der Waals surface area contributed by atoms with Gasteiger partial charge in [-0.05, 0) is 31.0 Å². The van der Waals surface area contributed by atoms with Gasteiger partial charge < -0.3 is 0 Å². The fourth-order valence-electron chi connectivity index (χ4n) is 1.91. The van der Waals surface area contributed by atoms with Gasteiger partial charge in [-0.15, -0.1) is 0 Å². The van der Waals surface area contributed by atoms with Crippen molar-refractivity contribution in [3.05, 3.63) is 69.4 Å². The summed E-state index contributed by atoms with van der Waals surface area (Å²) in [7, 11) is 0. The summed E-state index contributed by atoms with van der Waals surface area (Å²) in [5, 5.41) is 0. The Morgan fingerprint density at radius 3 is 2.61 bits per heavy atom. The molecule has 0 heterocycles. The molecule has 0 saturated carbocycles. The van der Waals surface area contributed by atoms with Crippen LogP contribution in [0.2, 0.25) is 0 Å². The highest BCUT2D eigenvalue weighted by Crippen LogP contribution is 2.30. The van der Waals surface area contributed by atoms with E-state index in [9.17, 15) is 4.39 Å². The molecular weight excluding hydrogens is 359 g/mol. The van der Waals surface area contributed by atoms with Crippen LogP contribution in [-0.4, -0.2) is 0 Å². The Morgan fingerprint density at radius 1 is 1.17 bits per heavy atom. The van der Waals surface area contributed by atoms with Gasteiger partial charge >= 0.3 is 0 Å². The minimum absolute atomic E-state index is 0.00704. The van der Waals surface area contributed by atoms with Crippen LogP contribution in [0.3, 0.4) is 0 Å². The highest BCUT2D eigenvalue weighted by Gasteiger charge is 2.13. The summed E-state index contributed by atoms with van der Waals surface area (Å²) in [4.78, 5) is -0.00704. The first-order valence-corrected chi connectivity index (χ1v) is 7.41. The second-order valence-corrected chi connectivity index (χ2v) is 6.35. The van der Waals surface area contributed by atoms with Crippen molar-refractivity contribution in [2.24, 2.45) is 0 Å². The normalized spacial score (nSPS) is 12.4. The minimum atomic E-state index is -0.182. The fourth-order valence-corrected chi connectivity index (χ4v) is 2.99. The lowest BCUT2D eigenvalue weighted by Crippen LogP contribution is -1.99. The maximum atomic E-state index is 13.8. The lowest BCUT2D eigenvalue weighted by Gasteiger charge is -2.12. The van der Waals surface area contributed by atoms with E-state index in [1.165, 1.54) is 17.2 Å². The number of benzene rings is 2. The third-order valence-electron chi connectivity index (χ3n) is 2.80. The Balaban J connectivity index is 2.19. The smallest absolute Gasteiger partial charge is 0.128 e. The van der Waals surface area contributed by atoms with E-state index in [2.05, 4.69) is 57.0 Å². The first kappa shape index (κ1) is 13.8. The molecule has 2 aromatic rings. The fraction of sp³-hybridized carbons (Fsp3) is 0.200. The zero-order valence-electron chi connectivity index (χ0n) is 9.96. The average Bonchev–Trinajstić information content (AvgIpc) is 2.28. The average molecular weight is 372 g/mol. The molecule has 0 amide bonds. The first-order valence-electron chi connectivity index (χ1n) is 5.71. The molecular formula is C15H13Br2F. The highest BCUT2D eigenvalue weighted by atomic mass is 79.9. The molecule has 1 atom stereocenters. The molecule has 0 bridgehead atoms. The van der Waals surface area contributed by atoms with Gasteiger partial charge in [0.05, 0.1) is 0 Å². The molecule has 0 aliphatic rings. The van der Waals surface area contributed by atoms with Crippen LogP contribution in [0.25, 0.3) is 0 Å². The molecule has 3 heteroatoms. The van der Waals surface area contributed by atoms with Crippen molar-refractivity contribution in [2.45, 2.75) is 18.2 Å². The SMILES string of the molecule is Cc1cccc(CC(Br)c2ccc(Br)cc2F)c1. The topological polar surface area (TPSA) is 0 Å². The lowest BCUT2D eigenvalue weighted by atomic mass is 10.0. The molecule has 94 valence electrons. The molecule has 0 aliphatic carbocycles. The molecule has 2 rings (SSSR count). The molecule has 0 aliphatic heterocycles. The van der Waals surface area contributed by atoms with Gasteiger partial charge in [0.15, 0.2) is 0 Å². The zero-order chi connectivity index (χ0) is 13.1. The van der Waals surface area contributed by atoms with E-state index < -0.39 is 0 Å². The zero-order valence-corrected chi connectivity index (χ0v) is 13.1. The van der Waals surface area contributed by atoms with Crippen LogP contribution in [0.15, 0.2) is 46.9 Å². The van der Waals surface area contributed by atoms with Crippen LogP contribution in [0.4, 0.5) is 4.39 Å². The van der Waals surface area contributed by atoms with E-state index in [0.717, 1.165) is 10.9 Å².